The van der Waals surface area contributed by atoms with Gasteiger partial charge in [0, 0.05) is 26.2 Å². The second-order valence-corrected chi connectivity index (χ2v) is 5.52. The number of carbonyl (C=O) groups is 1. The molecule has 1 fully saturated rings. The molecular weight excluding hydrogens is 308 g/mol. The molecule has 1 aromatic carbocycles. The van der Waals surface area contributed by atoms with Crippen molar-refractivity contribution in [1.29, 1.82) is 0 Å². The van der Waals surface area contributed by atoms with E-state index in [2.05, 4.69) is 21.2 Å². The zero-order valence-electron chi connectivity index (χ0n) is 11.1. The quantitative estimate of drug-likeness (QED) is 0.919. The van der Waals surface area contributed by atoms with Crippen LogP contribution in [0.2, 0.25) is 0 Å². The van der Waals surface area contributed by atoms with Gasteiger partial charge in [-0.25, -0.2) is 0 Å². The van der Waals surface area contributed by atoms with Gasteiger partial charge >= 0.3 is 0 Å². The number of aryl methyl sites for hydroxylation is 1. The van der Waals surface area contributed by atoms with E-state index in [1.807, 2.05) is 30.0 Å². The van der Waals surface area contributed by atoms with Gasteiger partial charge < -0.3 is 15.0 Å². The number of nitrogens with one attached hydrogen (secondary N) is 1. The Morgan fingerprint density at radius 3 is 2.84 bits per heavy atom. The number of nitrogens with zero attached hydrogens (tertiary/aromatic N) is 1. The number of ether oxygens (including phenoxy) is 1. The molecule has 1 amide bonds. The van der Waals surface area contributed by atoms with Crippen molar-refractivity contribution in [2.75, 3.05) is 32.8 Å². The Morgan fingerprint density at radius 2 is 2.16 bits per heavy atom. The summed E-state index contributed by atoms with van der Waals surface area (Å²) in [5.74, 6) is 0.962. The summed E-state index contributed by atoms with van der Waals surface area (Å²) in [4.78, 5) is 13.8. The fraction of sp³-hybridized carbons (Fsp3) is 0.500. The maximum absolute atomic E-state index is 11.9. The van der Waals surface area contributed by atoms with Crippen molar-refractivity contribution >= 4 is 21.8 Å². The summed E-state index contributed by atoms with van der Waals surface area (Å²) in [5, 5.41) is 3.23. The number of rotatable bonds is 4. The Morgan fingerprint density at radius 1 is 1.42 bits per heavy atom. The number of halogens is 1. The summed E-state index contributed by atoms with van der Waals surface area (Å²) in [5.41, 5.74) is 1.18. The molecule has 4 nitrogen and oxygen atoms in total. The van der Waals surface area contributed by atoms with Crippen molar-refractivity contribution in [2.45, 2.75) is 13.3 Å². The molecule has 0 spiro atoms. The topological polar surface area (TPSA) is 41.6 Å². The van der Waals surface area contributed by atoms with E-state index in [0.29, 0.717) is 13.0 Å². The first kappa shape index (κ1) is 14.3. The minimum atomic E-state index is 0.171. The Balaban J connectivity index is 1.78. The largest absolute Gasteiger partial charge is 0.492 e. The van der Waals surface area contributed by atoms with Crippen LogP contribution in [-0.2, 0) is 4.79 Å². The molecule has 1 aromatic rings. The second-order valence-electron chi connectivity index (χ2n) is 4.66. The van der Waals surface area contributed by atoms with Crippen LogP contribution in [0.3, 0.4) is 0 Å². The van der Waals surface area contributed by atoms with Gasteiger partial charge in [-0.1, -0.05) is 6.07 Å². The van der Waals surface area contributed by atoms with E-state index in [0.717, 1.165) is 36.4 Å². The standard InChI is InChI=1S/C14H19BrN2O2/c1-11-2-3-13(12(15)10-11)19-9-4-14(18)17-7-5-16-6-8-17/h2-3,10,16H,4-9H2,1H3. The van der Waals surface area contributed by atoms with Crippen molar-refractivity contribution in [3.63, 3.8) is 0 Å². The summed E-state index contributed by atoms with van der Waals surface area (Å²) in [7, 11) is 0. The van der Waals surface area contributed by atoms with Crippen LogP contribution in [0.5, 0.6) is 5.75 Å². The highest BCUT2D eigenvalue weighted by Crippen LogP contribution is 2.25. The zero-order valence-corrected chi connectivity index (χ0v) is 12.7. The number of amides is 1. The molecule has 19 heavy (non-hydrogen) atoms. The average molecular weight is 327 g/mol. The van der Waals surface area contributed by atoms with Crippen molar-refractivity contribution < 1.29 is 9.53 Å². The summed E-state index contributed by atoms with van der Waals surface area (Å²) < 4.78 is 6.58. The van der Waals surface area contributed by atoms with Gasteiger partial charge in [0.15, 0.2) is 0 Å². The molecule has 5 heteroatoms. The van der Waals surface area contributed by atoms with E-state index in [9.17, 15) is 4.79 Å². The van der Waals surface area contributed by atoms with Crippen molar-refractivity contribution in [3.8, 4) is 5.75 Å². The minimum absolute atomic E-state index is 0.171. The molecule has 2 rings (SSSR count). The van der Waals surface area contributed by atoms with Crippen LogP contribution in [-0.4, -0.2) is 43.6 Å². The average Bonchev–Trinajstić information content (AvgIpc) is 2.42. The third kappa shape index (κ3) is 4.21. The lowest BCUT2D eigenvalue weighted by Gasteiger charge is -2.27. The van der Waals surface area contributed by atoms with Gasteiger partial charge in [0.1, 0.15) is 5.75 Å². The summed E-state index contributed by atoms with van der Waals surface area (Å²) >= 11 is 3.46. The molecule has 0 aliphatic carbocycles. The van der Waals surface area contributed by atoms with Gasteiger partial charge in [0.05, 0.1) is 17.5 Å². The lowest BCUT2D eigenvalue weighted by atomic mass is 10.2. The number of benzene rings is 1. The monoisotopic (exact) mass is 326 g/mol. The molecule has 1 N–H and O–H groups in total. The lowest BCUT2D eigenvalue weighted by Crippen LogP contribution is -2.46. The first-order valence-corrected chi connectivity index (χ1v) is 7.33. The van der Waals surface area contributed by atoms with E-state index >= 15 is 0 Å². The molecule has 1 heterocycles. The molecule has 0 saturated carbocycles. The van der Waals surface area contributed by atoms with E-state index in [-0.39, 0.29) is 5.91 Å². The summed E-state index contributed by atoms with van der Waals surface area (Å²) in [6.07, 6.45) is 0.431. The lowest BCUT2D eigenvalue weighted by molar-refractivity contribution is -0.132. The Bertz CT molecular complexity index is 445. The molecule has 0 aromatic heterocycles. The smallest absolute Gasteiger partial charge is 0.226 e. The normalized spacial score (nSPS) is 15.4. The van der Waals surface area contributed by atoms with Crippen LogP contribution in [0.25, 0.3) is 0 Å². The molecule has 1 aliphatic rings. The molecule has 0 radical (unpaired) electrons. The summed E-state index contributed by atoms with van der Waals surface area (Å²) in [6, 6.07) is 5.93. The van der Waals surface area contributed by atoms with Crippen LogP contribution in [0.4, 0.5) is 0 Å². The number of hydrogen-bond donors (Lipinski definition) is 1. The second kappa shape index (κ2) is 6.91. The van der Waals surface area contributed by atoms with Crippen LogP contribution >= 0.6 is 15.9 Å². The van der Waals surface area contributed by atoms with Gasteiger partial charge in [0.25, 0.3) is 0 Å². The van der Waals surface area contributed by atoms with Crippen molar-refractivity contribution in [1.82, 2.24) is 10.2 Å². The van der Waals surface area contributed by atoms with Crippen LogP contribution in [0.1, 0.15) is 12.0 Å². The van der Waals surface area contributed by atoms with E-state index < -0.39 is 0 Å². The SMILES string of the molecule is Cc1ccc(OCCC(=O)N2CCNCC2)c(Br)c1. The van der Waals surface area contributed by atoms with Gasteiger partial charge in [-0.3, -0.25) is 4.79 Å². The maximum Gasteiger partial charge on any atom is 0.226 e. The highest BCUT2D eigenvalue weighted by Gasteiger charge is 2.15. The Kier molecular flexibility index (Phi) is 5.22. The first-order valence-electron chi connectivity index (χ1n) is 6.54. The molecule has 0 atom stereocenters. The molecule has 1 aliphatic heterocycles. The summed E-state index contributed by atoms with van der Waals surface area (Å²) in [6.45, 7) is 5.82. The van der Waals surface area contributed by atoms with Crippen LogP contribution in [0.15, 0.2) is 22.7 Å². The molecule has 1 saturated heterocycles. The van der Waals surface area contributed by atoms with E-state index in [4.69, 9.17) is 4.74 Å². The molecule has 0 bridgehead atoms. The predicted molar refractivity (Wildman–Crippen MR) is 78.4 cm³/mol. The first-order chi connectivity index (χ1) is 9.16. The van der Waals surface area contributed by atoms with Gasteiger partial charge in [-0.05, 0) is 40.5 Å². The van der Waals surface area contributed by atoms with E-state index in [1.54, 1.807) is 0 Å². The number of hydrogen-bond acceptors (Lipinski definition) is 3. The molecule has 0 unspecified atom stereocenters. The third-order valence-corrected chi connectivity index (χ3v) is 3.75. The fourth-order valence-electron chi connectivity index (χ4n) is 2.04. The predicted octanol–water partition coefficient (Wildman–Crippen LogP) is 1.96. The zero-order chi connectivity index (χ0) is 13.7. The maximum atomic E-state index is 11.9. The Hall–Kier alpha value is -1.07. The van der Waals surface area contributed by atoms with E-state index in [1.165, 1.54) is 5.56 Å². The van der Waals surface area contributed by atoms with Gasteiger partial charge in [-0.15, -0.1) is 0 Å². The van der Waals surface area contributed by atoms with Gasteiger partial charge in [0.2, 0.25) is 5.91 Å². The minimum Gasteiger partial charge on any atom is -0.492 e. The number of piperazine rings is 1. The van der Waals surface area contributed by atoms with Gasteiger partial charge in [-0.2, -0.15) is 0 Å². The molecule has 104 valence electrons. The third-order valence-electron chi connectivity index (χ3n) is 3.13. The van der Waals surface area contributed by atoms with Crippen LogP contribution < -0.4 is 10.1 Å². The Labute approximate surface area is 122 Å². The fourth-order valence-corrected chi connectivity index (χ4v) is 2.65. The van der Waals surface area contributed by atoms with Crippen molar-refractivity contribution in [2.24, 2.45) is 0 Å². The highest BCUT2D eigenvalue weighted by molar-refractivity contribution is 9.10. The number of carbonyl (C=O) groups excluding carboxylic acids is 1. The molecular formula is C14H19BrN2O2. The highest BCUT2D eigenvalue weighted by atomic mass is 79.9. The van der Waals surface area contributed by atoms with Crippen molar-refractivity contribution in [3.05, 3.63) is 28.2 Å². The van der Waals surface area contributed by atoms with Crippen LogP contribution in [0, 0.1) is 6.92 Å².